The summed E-state index contributed by atoms with van der Waals surface area (Å²) >= 11 is 0. The van der Waals surface area contributed by atoms with Crippen molar-refractivity contribution in [3.8, 4) is 0 Å². The molecule has 3 nitrogen and oxygen atoms in total. The number of rotatable bonds is 7. The van der Waals surface area contributed by atoms with Gasteiger partial charge in [0.1, 0.15) is 17.7 Å². The molecule has 0 aliphatic rings. The monoisotopic (exact) mass is 260 g/mol. The highest BCUT2D eigenvalue weighted by Gasteiger charge is 2.21. The van der Waals surface area contributed by atoms with Gasteiger partial charge in [0, 0.05) is 19.6 Å². The van der Waals surface area contributed by atoms with Crippen molar-refractivity contribution in [1.29, 1.82) is 0 Å². The van der Waals surface area contributed by atoms with Gasteiger partial charge in [-0.3, -0.25) is 0 Å². The normalized spacial score (nSPS) is 13.0. The van der Waals surface area contributed by atoms with E-state index in [1.807, 2.05) is 0 Å². The van der Waals surface area contributed by atoms with Crippen LogP contribution in [0.2, 0.25) is 0 Å². The third kappa shape index (κ3) is 4.33. The number of hydrogen-bond acceptors (Lipinski definition) is 3. The molecule has 1 unspecified atom stereocenters. The largest absolute Gasteiger partial charge is 0.387 e. The van der Waals surface area contributed by atoms with Crippen LogP contribution in [0.4, 0.5) is 8.78 Å². The van der Waals surface area contributed by atoms with Gasteiger partial charge in [-0.05, 0) is 37.6 Å². The molecule has 0 saturated heterocycles. The van der Waals surface area contributed by atoms with Crippen molar-refractivity contribution >= 4 is 0 Å². The second-order valence-electron chi connectivity index (χ2n) is 3.79. The minimum Gasteiger partial charge on any atom is -0.387 e. The number of ether oxygens (including phenoxy) is 2. The molecule has 102 valence electrons. The lowest BCUT2D eigenvalue weighted by Gasteiger charge is -2.22. The zero-order chi connectivity index (χ0) is 13.5. The quantitative estimate of drug-likeness (QED) is 0.764. The van der Waals surface area contributed by atoms with Crippen LogP contribution in [0.5, 0.6) is 0 Å². The molecular formula is C13H18F2O3. The Labute approximate surface area is 105 Å². The van der Waals surface area contributed by atoms with E-state index in [0.717, 1.165) is 18.2 Å². The Bertz CT molecular complexity index is 365. The molecular weight excluding hydrogens is 242 g/mol. The lowest BCUT2D eigenvalue weighted by Crippen LogP contribution is -2.33. The molecule has 1 N–H and O–H groups in total. The Morgan fingerprint density at radius 3 is 2.33 bits per heavy atom. The fraction of sp³-hybridized carbons (Fsp3) is 0.538. The Morgan fingerprint density at radius 2 is 1.78 bits per heavy atom. The minimum atomic E-state index is -1.04. The molecule has 0 radical (unpaired) electrons. The topological polar surface area (TPSA) is 38.7 Å². The number of benzene rings is 1. The molecule has 1 aromatic carbocycles. The predicted octanol–water partition coefficient (Wildman–Crippen LogP) is 2.27. The number of aliphatic hydroxyl groups is 1. The van der Waals surface area contributed by atoms with E-state index in [0.29, 0.717) is 13.2 Å². The van der Waals surface area contributed by atoms with Crippen molar-refractivity contribution < 1.29 is 23.4 Å². The summed E-state index contributed by atoms with van der Waals surface area (Å²) in [5.74, 6) is -1.09. The highest BCUT2D eigenvalue weighted by molar-refractivity contribution is 5.19. The van der Waals surface area contributed by atoms with Gasteiger partial charge in [-0.1, -0.05) is 0 Å². The van der Waals surface area contributed by atoms with Gasteiger partial charge < -0.3 is 14.6 Å². The molecule has 18 heavy (non-hydrogen) atoms. The highest BCUT2D eigenvalue weighted by atomic mass is 19.1. The number of hydrogen-bond donors (Lipinski definition) is 1. The molecule has 0 aliphatic carbocycles. The van der Waals surface area contributed by atoms with E-state index in [1.54, 1.807) is 13.8 Å². The van der Waals surface area contributed by atoms with Gasteiger partial charge >= 0.3 is 0 Å². The average Bonchev–Trinajstić information content (AvgIpc) is 2.33. The fourth-order valence-electron chi connectivity index (χ4n) is 1.62. The second-order valence-corrected chi connectivity index (χ2v) is 3.79. The summed E-state index contributed by atoms with van der Waals surface area (Å²) < 4.78 is 36.8. The second kappa shape index (κ2) is 7.41. The lowest BCUT2D eigenvalue weighted by atomic mass is 10.1. The smallest absolute Gasteiger partial charge is 0.183 e. The van der Waals surface area contributed by atoms with Crippen LogP contribution < -0.4 is 0 Å². The molecule has 0 saturated carbocycles. The molecule has 1 aromatic rings. The third-order valence-electron chi connectivity index (χ3n) is 2.41. The van der Waals surface area contributed by atoms with Crippen molar-refractivity contribution in [1.82, 2.24) is 0 Å². The third-order valence-corrected chi connectivity index (χ3v) is 2.41. The molecule has 0 heterocycles. The van der Waals surface area contributed by atoms with Crippen LogP contribution in [0.25, 0.3) is 0 Å². The first-order valence-electron chi connectivity index (χ1n) is 5.93. The van der Waals surface area contributed by atoms with Crippen LogP contribution in [-0.4, -0.2) is 30.7 Å². The molecule has 5 heteroatoms. The minimum absolute atomic E-state index is 0.0613. The van der Waals surface area contributed by atoms with E-state index in [-0.39, 0.29) is 12.0 Å². The molecule has 1 rings (SSSR count). The van der Waals surface area contributed by atoms with Crippen LogP contribution in [-0.2, 0) is 15.9 Å². The van der Waals surface area contributed by atoms with E-state index in [2.05, 4.69) is 0 Å². The summed E-state index contributed by atoms with van der Waals surface area (Å²) in [6.45, 7) is 4.27. The van der Waals surface area contributed by atoms with E-state index >= 15 is 0 Å². The standard InChI is InChI=1S/C13H18F2O3/c1-3-17-13(18-4-2)12(16)8-9-7-10(14)5-6-11(9)15/h5-7,12-13,16H,3-4,8H2,1-2H3. The van der Waals surface area contributed by atoms with Crippen LogP contribution in [0.15, 0.2) is 18.2 Å². The van der Waals surface area contributed by atoms with Crippen LogP contribution >= 0.6 is 0 Å². The van der Waals surface area contributed by atoms with Crippen molar-refractivity contribution in [2.24, 2.45) is 0 Å². The Hall–Kier alpha value is -1.04. The molecule has 0 aliphatic heterocycles. The van der Waals surface area contributed by atoms with Crippen LogP contribution in [0, 0.1) is 11.6 Å². The fourth-order valence-corrected chi connectivity index (χ4v) is 1.62. The van der Waals surface area contributed by atoms with Crippen molar-refractivity contribution in [2.45, 2.75) is 32.7 Å². The van der Waals surface area contributed by atoms with Gasteiger partial charge in [-0.15, -0.1) is 0 Å². The van der Waals surface area contributed by atoms with Gasteiger partial charge in [-0.2, -0.15) is 0 Å². The number of aliphatic hydroxyl groups excluding tert-OH is 1. The maximum atomic E-state index is 13.4. The van der Waals surface area contributed by atoms with Crippen LogP contribution in [0.3, 0.4) is 0 Å². The zero-order valence-corrected chi connectivity index (χ0v) is 10.5. The maximum Gasteiger partial charge on any atom is 0.183 e. The van der Waals surface area contributed by atoms with E-state index in [4.69, 9.17) is 9.47 Å². The summed E-state index contributed by atoms with van der Waals surface area (Å²) in [7, 11) is 0. The Balaban J connectivity index is 2.71. The summed E-state index contributed by atoms with van der Waals surface area (Å²) in [6, 6.07) is 3.13. The van der Waals surface area contributed by atoms with Crippen molar-refractivity contribution in [2.75, 3.05) is 13.2 Å². The molecule has 1 atom stereocenters. The first kappa shape index (κ1) is 15.0. The molecule has 0 amide bonds. The van der Waals surface area contributed by atoms with E-state index in [9.17, 15) is 13.9 Å². The van der Waals surface area contributed by atoms with Crippen LogP contribution in [0.1, 0.15) is 19.4 Å². The predicted molar refractivity (Wildman–Crippen MR) is 63.1 cm³/mol. The average molecular weight is 260 g/mol. The summed E-state index contributed by atoms with van der Waals surface area (Å²) in [4.78, 5) is 0. The van der Waals surface area contributed by atoms with Gasteiger partial charge in [0.05, 0.1) is 0 Å². The van der Waals surface area contributed by atoms with E-state index < -0.39 is 24.0 Å². The van der Waals surface area contributed by atoms with Crippen molar-refractivity contribution in [3.05, 3.63) is 35.4 Å². The van der Waals surface area contributed by atoms with Gasteiger partial charge in [-0.25, -0.2) is 8.78 Å². The Morgan fingerprint density at radius 1 is 1.17 bits per heavy atom. The summed E-state index contributed by atoms with van der Waals surface area (Å²) in [6.07, 6.45) is -1.93. The molecule has 0 bridgehead atoms. The summed E-state index contributed by atoms with van der Waals surface area (Å²) in [5, 5.41) is 9.90. The van der Waals surface area contributed by atoms with Gasteiger partial charge in [0.2, 0.25) is 0 Å². The summed E-state index contributed by atoms with van der Waals surface area (Å²) in [5.41, 5.74) is 0.104. The maximum absolute atomic E-state index is 13.4. The number of halogens is 2. The van der Waals surface area contributed by atoms with Gasteiger partial charge in [0.25, 0.3) is 0 Å². The first-order chi connectivity index (χ1) is 8.58. The first-order valence-corrected chi connectivity index (χ1v) is 5.93. The van der Waals surface area contributed by atoms with Gasteiger partial charge in [0.15, 0.2) is 6.29 Å². The lowest BCUT2D eigenvalue weighted by molar-refractivity contribution is -0.188. The van der Waals surface area contributed by atoms with E-state index in [1.165, 1.54) is 0 Å². The molecule has 0 spiro atoms. The Kier molecular flexibility index (Phi) is 6.18. The zero-order valence-electron chi connectivity index (χ0n) is 10.5. The molecule has 0 aromatic heterocycles. The SMILES string of the molecule is CCOC(OCC)C(O)Cc1cc(F)ccc1F. The highest BCUT2D eigenvalue weighted by Crippen LogP contribution is 2.15. The molecule has 0 fully saturated rings. The van der Waals surface area contributed by atoms with Crippen molar-refractivity contribution in [3.63, 3.8) is 0 Å².